The van der Waals surface area contributed by atoms with E-state index in [1.807, 2.05) is 0 Å². The van der Waals surface area contributed by atoms with Crippen molar-refractivity contribution < 1.29 is 4.74 Å². The van der Waals surface area contributed by atoms with Crippen molar-refractivity contribution in [2.45, 2.75) is 32.4 Å². The fourth-order valence-corrected chi connectivity index (χ4v) is 2.19. The van der Waals surface area contributed by atoms with Crippen LogP contribution in [0.4, 0.5) is 5.69 Å². The SMILES string of the molecule is COCCN(c1cc(C)ccc1CN)C1CC1. The summed E-state index contributed by atoms with van der Waals surface area (Å²) < 4.78 is 5.20. The molecular formula is C14H22N2O. The maximum Gasteiger partial charge on any atom is 0.0637 e. The number of rotatable bonds is 6. The number of methoxy groups -OCH3 is 1. The topological polar surface area (TPSA) is 38.5 Å². The molecule has 1 fully saturated rings. The van der Waals surface area contributed by atoms with E-state index < -0.39 is 0 Å². The van der Waals surface area contributed by atoms with Gasteiger partial charge in [0.2, 0.25) is 0 Å². The Morgan fingerprint density at radius 2 is 2.18 bits per heavy atom. The van der Waals surface area contributed by atoms with E-state index in [1.165, 1.54) is 29.7 Å². The second-order valence-corrected chi connectivity index (χ2v) is 4.75. The first-order chi connectivity index (χ1) is 8.26. The lowest BCUT2D eigenvalue weighted by Crippen LogP contribution is -2.30. The van der Waals surface area contributed by atoms with Gasteiger partial charge in [-0.25, -0.2) is 0 Å². The zero-order valence-electron chi connectivity index (χ0n) is 10.8. The predicted octanol–water partition coefficient (Wildman–Crippen LogP) is 2.07. The summed E-state index contributed by atoms with van der Waals surface area (Å²) >= 11 is 0. The van der Waals surface area contributed by atoms with Crippen LogP contribution in [0.15, 0.2) is 18.2 Å². The molecule has 1 aliphatic rings. The summed E-state index contributed by atoms with van der Waals surface area (Å²) in [6.45, 7) is 4.46. The number of hydrogen-bond acceptors (Lipinski definition) is 3. The third-order valence-corrected chi connectivity index (χ3v) is 3.29. The van der Waals surface area contributed by atoms with Crippen LogP contribution in [0.3, 0.4) is 0 Å². The van der Waals surface area contributed by atoms with Crippen molar-refractivity contribution >= 4 is 5.69 Å². The first kappa shape index (κ1) is 12.4. The third kappa shape index (κ3) is 2.99. The van der Waals surface area contributed by atoms with Gasteiger partial charge < -0.3 is 15.4 Å². The van der Waals surface area contributed by atoms with Crippen molar-refractivity contribution in [3.05, 3.63) is 29.3 Å². The van der Waals surface area contributed by atoms with Crippen LogP contribution in [0.5, 0.6) is 0 Å². The zero-order chi connectivity index (χ0) is 12.3. The van der Waals surface area contributed by atoms with Crippen molar-refractivity contribution in [3.8, 4) is 0 Å². The monoisotopic (exact) mass is 234 g/mol. The van der Waals surface area contributed by atoms with Gasteiger partial charge in [-0.05, 0) is 37.0 Å². The summed E-state index contributed by atoms with van der Waals surface area (Å²) in [6, 6.07) is 7.22. The highest BCUT2D eigenvalue weighted by Crippen LogP contribution is 2.33. The Labute approximate surface area is 104 Å². The average Bonchev–Trinajstić information content (AvgIpc) is 3.14. The first-order valence-corrected chi connectivity index (χ1v) is 6.31. The molecule has 1 saturated carbocycles. The lowest BCUT2D eigenvalue weighted by Gasteiger charge is -2.27. The van der Waals surface area contributed by atoms with Crippen LogP contribution < -0.4 is 10.6 Å². The van der Waals surface area contributed by atoms with Gasteiger partial charge in [-0.2, -0.15) is 0 Å². The minimum absolute atomic E-state index is 0.603. The number of hydrogen-bond donors (Lipinski definition) is 1. The molecule has 1 aromatic carbocycles. The molecule has 0 aromatic heterocycles. The van der Waals surface area contributed by atoms with E-state index in [1.54, 1.807) is 7.11 Å². The number of ether oxygens (including phenoxy) is 1. The molecule has 3 nitrogen and oxygen atoms in total. The molecule has 0 radical (unpaired) electrons. The van der Waals surface area contributed by atoms with Crippen LogP contribution in [0.1, 0.15) is 24.0 Å². The summed E-state index contributed by atoms with van der Waals surface area (Å²) in [5.41, 5.74) is 9.65. The third-order valence-electron chi connectivity index (χ3n) is 3.29. The lowest BCUT2D eigenvalue weighted by molar-refractivity contribution is 0.205. The highest BCUT2D eigenvalue weighted by Gasteiger charge is 2.29. The van der Waals surface area contributed by atoms with E-state index in [-0.39, 0.29) is 0 Å². The van der Waals surface area contributed by atoms with E-state index in [4.69, 9.17) is 10.5 Å². The summed E-state index contributed by atoms with van der Waals surface area (Å²) in [4.78, 5) is 2.46. The van der Waals surface area contributed by atoms with E-state index in [0.717, 1.165) is 13.2 Å². The first-order valence-electron chi connectivity index (χ1n) is 6.31. The Balaban J connectivity index is 2.23. The highest BCUT2D eigenvalue weighted by molar-refractivity contribution is 5.57. The standard InChI is InChI=1S/C14H22N2O/c1-11-3-4-12(10-15)14(9-11)16(7-8-17-2)13-5-6-13/h3-4,9,13H,5-8,10,15H2,1-2H3. The number of nitrogens with zero attached hydrogens (tertiary/aromatic N) is 1. The molecule has 0 aliphatic heterocycles. The fourth-order valence-electron chi connectivity index (χ4n) is 2.19. The Morgan fingerprint density at radius 1 is 1.41 bits per heavy atom. The Hall–Kier alpha value is -1.06. The minimum Gasteiger partial charge on any atom is -0.383 e. The Bertz CT molecular complexity index is 374. The van der Waals surface area contributed by atoms with Gasteiger partial charge in [-0.3, -0.25) is 0 Å². The Kier molecular flexibility index (Phi) is 4.02. The zero-order valence-corrected chi connectivity index (χ0v) is 10.8. The van der Waals surface area contributed by atoms with Gasteiger partial charge in [0.05, 0.1) is 6.61 Å². The molecule has 0 amide bonds. The molecule has 0 bridgehead atoms. The normalized spacial score (nSPS) is 15.0. The minimum atomic E-state index is 0.603. The van der Waals surface area contributed by atoms with E-state index in [9.17, 15) is 0 Å². The van der Waals surface area contributed by atoms with Crippen LogP contribution in [0.25, 0.3) is 0 Å². The van der Waals surface area contributed by atoms with E-state index >= 15 is 0 Å². The Morgan fingerprint density at radius 3 is 2.76 bits per heavy atom. The van der Waals surface area contributed by atoms with Crippen LogP contribution in [0.2, 0.25) is 0 Å². The second-order valence-electron chi connectivity index (χ2n) is 4.75. The van der Waals surface area contributed by atoms with Gasteiger partial charge in [0.25, 0.3) is 0 Å². The number of benzene rings is 1. The quantitative estimate of drug-likeness (QED) is 0.819. The van der Waals surface area contributed by atoms with Gasteiger partial charge in [-0.1, -0.05) is 12.1 Å². The van der Waals surface area contributed by atoms with Crippen molar-refractivity contribution in [2.24, 2.45) is 5.73 Å². The van der Waals surface area contributed by atoms with Crippen LogP contribution in [0, 0.1) is 6.92 Å². The van der Waals surface area contributed by atoms with Crippen LogP contribution in [-0.4, -0.2) is 26.3 Å². The molecule has 0 spiro atoms. The average molecular weight is 234 g/mol. The van der Waals surface area contributed by atoms with E-state index in [2.05, 4.69) is 30.0 Å². The summed E-state index contributed by atoms with van der Waals surface area (Å²) in [5.74, 6) is 0. The summed E-state index contributed by atoms with van der Waals surface area (Å²) in [6.07, 6.45) is 2.59. The van der Waals surface area contributed by atoms with Gasteiger partial charge in [-0.15, -0.1) is 0 Å². The van der Waals surface area contributed by atoms with Gasteiger partial charge in [0.1, 0.15) is 0 Å². The molecule has 0 heterocycles. The van der Waals surface area contributed by atoms with Gasteiger partial charge in [0, 0.05) is 31.9 Å². The van der Waals surface area contributed by atoms with E-state index in [0.29, 0.717) is 12.6 Å². The second kappa shape index (κ2) is 5.52. The maximum absolute atomic E-state index is 5.83. The fraction of sp³-hybridized carbons (Fsp3) is 0.571. The predicted molar refractivity (Wildman–Crippen MR) is 71.3 cm³/mol. The molecule has 1 aliphatic carbocycles. The van der Waals surface area contributed by atoms with Crippen LogP contribution in [-0.2, 0) is 11.3 Å². The number of anilines is 1. The molecule has 2 N–H and O–H groups in total. The summed E-state index contributed by atoms with van der Waals surface area (Å²) in [5, 5.41) is 0. The molecular weight excluding hydrogens is 212 g/mol. The highest BCUT2D eigenvalue weighted by atomic mass is 16.5. The lowest BCUT2D eigenvalue weighted by atomic mass is 10.1. The van der Waals surface area contributed by atoms with Crippen molar-refractivity contribution in [3.63, 3.8) is 0 Å². The van der Waals surface area contributed by atoms with Gasteiger partial charge in [0.15, 0.2) is 0 Å². The van der Waals surface area contributed by atoms with Gasteiger partial charge >= 0.3 is 0 Å². The van der Waals surface area contributed by atoms with Crippen molar-refractivity contribution in [1.82, 2.24) is 0 Å². The maximum atomic E-state index is 5.83. The molecule has 94 valence electrons. The molecule has 2 rings (SSSR count). The van der Waals surface area contributed by atoms with Crippen molar-refractivity contribution in [1.29, 1.82) is 0 Å². The number of aryl methyl sites for hydroxylation is 1. The molecule has 0 atom stereocenters. The molecule has 0 saturated heterocycles. The summed E-state index contributed by atoms with van der Waals surface area (Å²) in [7, 11) is 1.76. The number of nitrogens with two attached hydrogens (primary N) is 1. The largest absolute Gasteiger partial charge is 0.383 e. The molecule has 0 unspecified atom stereocenters. The smallest absolute Gasteiger partial charge is 0.0637 e. The van der Waals surface area contributed by atoms with Crippen LogP contribution >= 0.6 is 0 Å². The molecule has 1 aromatic rings. The molecule has 3 heteroatoms. The van der Waals surface area contributed by atoms with Crippen molar-refractivity contribution in [2.75, 3.05) is 25.2 Å². The molecule has 17 heavy (non-hydrogen) atoms.